The number of amides is 1. The first-order valence-electron chi connectivity index (χ1n) is 5.85. The van der Waals surface area contributed by atoms with Crippen molar-refractivity contribution in [3.63, 3.8) is 0 Å². The van der Waals surface area contributed by atoms with Crippen LogP contribution in [-0.2, 0) is 17.8 Å². The standard InChI is InChI=1S/C14H11F3N2O/c15-10-4-12(16)11(13(17)5-10)6-14(20)19-8-9-2-1-3-18-7-9/h1-5,7H,6,8H2,(H,19,20). The molecule has 0 atom stereocenters. The van der Waals surface area contributed by atoms with Crippen LogP contribution in [0.3, 0.4) is 0 Å². The summed E-state index contributed by atoms with van der Waals surface area (Å²) in [6.45, 7) is 0.205. The van der Waals surface area contributed by atoms with Crippen LogP contribution in [0.4, 0.5) is 13.2 Å². The van der Waals surface area contributed by atoms with Gasteiger partial charge in [0.15, 0.2) is 0 Å². The normalized spacial score (nSPS) is 10.3. The van der Waals surface area contributed by atoms with Crippen LogP contribution in [0.2, 0.25) is 0 Å². The Kier molecular flexibility index (Phi) is 4.34. The molecule has 0 radical (unpaired) electrons. The lowest BCUT2D eigenvalue weighted by Gasteiger charge is -2.07. The van der Waals surface area contributed by atoms with E-state index in [1.54, 1.807) is 24.5 Å². The van der Waals surface area contributed by atoms with E-state index in [0.717, 1.165) is 5.56 Å². The van der Waals surface area contributed by atoms with Crippen molar-refractivity contribution in [2.24, 2.45) is 0 Å². The van der Waals surface area contributed by atoms with E-state index in [2.05, 4.69) is 10.3 Å². The Morgan fingerprint density at radius 1 is 1.20 bits per heavy atom. The molecule has 0 aliphatic rings. The summed E-state index contributed by atoms with van der Waals surface area (Å²) in [6.07, 6.45) is 2.67. The second-order valence-electron chi connectivity index (χ2n) is 4.16. The van der Waals surface area contributed by atoms with Crippen LogP contribution in [0.15, 0.2) is 36.7 Å². The number of halogens is 3. The Labute approximate surface area is 113 Å². The van der Waals surface area contributed by atoms with E-state index in [0.29, 0.717) is 12.1 Å². The average molecular weight is 280 g/mol. The molecule has 1 N–H and O–H groups in total. The fraction of sp³-hybridized carbons (Fsp3) is 0.143. The highest BCUT2D eigenvalue weighted by Crippen LogP contribution is 2.15. The predicted molar refractivity (Wildman–Crippen MR) is 66.1 cm³/mol. The second-order valence-corrected chi connectivity index (χ2v) is 4.16. The molecular weight excluding hydrogens is 269 g/mol. The first-order valence-corrected chi connectivity index (χ1v) is 5.85. The van der Waals surface area contributed by atoms with Gasteiger partial charge in [0.1, 0.15) is 17.5 Å². The molecule has 0 unspecified atom stereocenters. The number of carbonyl (C=O) groups excluding carboxylic acids is 1. The smallest absolute Gasteiger partial charge is 0.224 e. The topological polar surface area (TPSA) is 42.0 Å². The third-order valence-corrected chi connectivity index (χ3v) is 2.66. The van der Waals surface area contributed by atoms with Gasteiger partial charge in [0.25, 0.3) is 0 Å². The highest BCUT2D eigenvalue weighted by atomic mass is 19.1. The van der Waals surface area contributed by atoms with Crippen LogP contribution in [0.1, 0.15) is 11.1 Å². The lowest BCUT2D eigenvalue weighted by Crippen LogP contribution is -2.25. The van der Waals surface area contributed by atoms with Crippen molar-refractivity contribution < 1.29 is 18.0 Å². The van der Waals surface area contributed by atoms with E-state index >= 15 is 0 Å². The third-order valence-electron chi connectivity index (χ3n) is 2.66. The number of nitrogens with one attached hydrogen (secondary N) is 1. The summed E-state index contributed by atoms with van der Waals surface area (Å²) in [5.74, 6) is -3.71. The van der Waals surface area contributed by atoms with Gasteiger partial charge in [-0.1, -0.05) is 6.07 Å². The van der Waals surface area contributed by atoms with Gasteiger partial charge in [-0.25, -0.2) is 13.2 Å². The Morgan fingerprint density at radius 3 is 2.50 bits per heavy atom. The van der Waals surface area contributed by atoms with Crippen molar-refractivity contribution in [3.05, 3.63) is 65.2 Å². The number of pyridine rings is 1. The fourth-order valence-electron chi connectivity index (χ4n) is 1.67. The zero-order valence-corrected chi connectivity index (χ0v) is 10.4. The molecule has 20 heavy (non-hydrogen) atoms. The van der Waals surface area contributed by atoms with Gasteiger partial charge in [-0.3, -0.25) is 9.78 Å². The highest BCUT2D eigenvalue weighted by Gasteiger charge is 2.14. The van der Waals surface area contributed by atoms with Crippen molar-refractivity contribution in [2.75, 3.05) is 0 Å². The third kappa shape index (κ3) is 3.57. The number of aromatic nitrogens is 1. The molecule has 0 saturated heterocycles. The van der Waals surface area contributed by atoms with Gasteiger partial charge >= 0.3 is 0 Å². The molecular formula is C14H11F3N2O. The average Bonchev–Trinajstić information content (AvgIpc) is 2.42. The lowest BCUT2D eigenvalue weighted by molar-refractivity contribution is -0.120. The van der Waals surface area contributed by atoms with Gasteiger partial charge in [-0.15, -0.1) is 0 Å². The van der Waals surface area contributed by atoms with E-state index < -0.39 is 35.3 Å². The van der Waals surface area contributed by atoms with Gasteiger partial charge < -0.3 is 5.32 Å². The zero-order valence-electron chi connectivity index (χ0n) is 10.4. The Balaban J connectivity index is 1.98. The fourth-order valence-corrected chi connectivity index (χ4v) is 1.67. The summed E-state index contributed by atoms with van der Waals surface area (Å²) < 4.78 is 39.5. The summed E-state index contributed by atoms with van der Waals surface area (Å²) >= 11 is 0. The van der Waals surface area contributed by atoms with Gasteiger partial charge in [0.2, 0.25) is 5.91 Å². The minimum atomic E-state index is -1.07. The Bertz CT molecular complexity index is 594. The molecule has 2 rings (SSSR count). The predicted octanol–water partition coefficient (Wildman–Crippen LogP) is 2.36. The molecule has 3 nitrogen and oxygen atoms in total. The number of hydrogen-bond donors (Lipinski definition) is 1. The highest BCUT2D eigenvalue weighted by molar-refractivity contribution is 5.78. The van der Waals surface area contributed by atoms with Crippen LogP contribution < -0.4 is 5.32 Å². The summed E-state index contributed by atoms with van der Waals surface area (Å²) in [6, 6.07) is 4.56. The molecule has 104 valence electrons. The van der Waals surface area contributed by atoms with Crippen LogP contribution in [-0.4, -0.2) is 10.9 Å². The maximum absolute atomic E-state index is 13.4. The molecule has 2 aromatic rings. The molecule has 0 saturated carbocycles. The van der Waals surface area contributed by atoms with E-state index in [4.69, 9.17) is 0 Å². The molecule has 1 aromatic carbocycles. The maximum atomic E-state index is 13.4. The van der Waals surface area contributed by atoms with Crippen molar-refractivity contribution in [2.45, 2.75) is 13.0 Å². The van der Waals surface area contributed by atoms with Crippen molar-refractivity contribution in [1.29, 1.82) is 0 Å². The molecule has 0 aliphatic carbocycles. The van der Waals surface area contributed by atoms with Gasteiger partial charge in [0.05, 0.1) is 6.42 Å². The number of carbonyl (C=O) groups is 1. The first kappa shape index (κ1) is 14.0. The maximum Gasteiger partial charge on any atom is 0.224 e. The molecule has 0 aliphatic heterocycles. The van der Waals surface area contributed by atoms with Crippen molar-refractivity contribution >= 4 is 5.91 Å². The minimum Gasteiger partial charge on any atom is -0.352 e. The summed E-state index contributed by atoms with van der Waals surface area (Å²) in [4.78, 5) is 15.5. The van der Waals surface area contributed by atoms with E-state index in [1.165, 1.54) is 0 Å². The minimum absolute atomic E-state index is 0.205. The molecule has 1 aromatic heterocycles. The van der Waals surface area contributed by atoms with Gasteiger partial charge in [-0.2, -0.15) is 0 Å². The van der Waals surface area contributed by atoms with E-state index in [-0.39, 0.29) is 6.54 Å². The molecule has 0 fully saturated rings. The van der Waals surface area contributed by atoms with E-state index in [9.17, 15) is 18.0 Å². The number of hydrogen-bond acceptors (Lipinski definition) is 2. The zero-order chi connectivity index (χ0) is 14.5. The van der Waals surface area contributed by atoms with Crippen molar-refractivity contribution in [3.8, 4) is 0 Å². The number of rotatable bonds is 4. The second kappa shape index (κ2) is 6.18. The first-order chi connectivity index (χ1) is 9.56. The van der Waals surface area contributed by atoms with Crippen LogP contribution >= 0.6 is 0 Å². The Morgan fingerprint density at radius 2 is 1.90 bits per heavy atom. The van der Waals surface area contributed by atoms with Crippen molar-refractivity contribution in [1.82, 2.24) is 10.3 Å². The Hall–Kier alpha value is -2.37. The van der Waals surface area contributed by atoms with Crippen LogP contribution in [0.25, 0.3) is 0 Å². The monoisotopic (exact) mass is 280 g/mol. The van der Waals surface area contributed by atoms with E-state index in [1.807, 2.05) is 0 Å². The molecule has 0 spiro atoms. The molecule has 1 amide bonds. The number of nitrogens with zero attached hydrogens (tertiary/aromatic N) is 1. The van der Waals surface area contributed by atoms with Crippen LogP contribution in [0, 0.1) is 17.5 Å². The summed E-state index contributed by atoms with van der Waals surface area (Å²) in [7, 11) is 0. The molecule has 0 bridgehead atoms. The summed E-state index contributed by atoms with van der Waals surface area (Å²) in [5, 5.41) is 2.51. The lowest BCUT2D eigenvalue weighted by atomic mass is 10.1. The quantitative estimate of drug-likeness (QED) is 0.934. The summed E-state index contributed by atoms with van der Waals surface area (Å²) in [5.41, 5.74) is 0.316. The molecule has 6 heteroatoms. The number of benzene rings is 1. The van der Waals surface area contributed by atoms with Gasteiger partial charge in [0, 0.05) is 36.6 Å². The van der Waals surface area contributed by atoms with Gasteiger partial charge in [-0.05, 0) is 11.6 Å². The largest absolute Gasteiger partial charge is 0.352 e. The SMILES string of the molecule is O=C(Cc1c(F)cc(F)cc1F)NCc1cccnc1. The molecule has 1 heterocycles. The van der Waals surface area contributed by atoms with Crippen LogP contribution in [0.5, 0.6) is 0 Å².